The third-order valence-corrected chi connectivity index (χ3v) is 4.69. The van der Waals surface area contributed by atoms with Crippen LogP contribution in [0.15, 0.2) is 24.3 Å². The number of nitrogens with one attached hydrogen (secondary N) is 1. The van der Waals surface area contributed by atoms with Crippen molar-refractivity contribution in [2.45, 2.75) is 36.2 Å². The van der Waals surface area contributed by atoms with Crippen LogP contribution in [0.4, 0.5) is 0 Å². The van der Waals surface area contributed by atoms with Gasteiger partial charge in [-0.1, -0.05) is 24.3 Å². The lowest BCUT2D eigenvalue weighted by atomic mass is 10.1. The van der Waals surface area contributed by atoms with Gasteiger partial charge in [-0.05, 0) is 24.0 Å². The second-order valence-electron chi connectivity index (χ2n) is 4.86. The molecule has 96 valence electrons. The molecule has 1 saturated heterocycles. The number of carbonyl (C=O) groups is 1. The van der Waals surface area contributed by atoms with E-state index in [4.69, 9.17) is 0 Å². The molecule has 2 aliphatic rings. The molecule has 1 N–H and O–H groups in total. The maximum absolute atomic E-state index is 12.1. The van der Waals surface area contributed by atoms with E-state index in [9.17, 15) is 4.79 Å². The van der Waals surface area contributed by atoms with E-state index in [1.165, 1.54) is 11.1 Å². The third kappa shape index (κ3) is 2.04. The Bertz CT molecular complexity index is 480. The van der Waals surface area contributed by atoms with Gasteiger partial charge in [0.1, 0.15) is 0 Å². The number of rotatable bonds is 1. The van der Waals surface area contributed by atoms with Crippen molar-refractivity contribution < 1.29 is 4.79 Å². The molecular formula is C13H16N2OS2. The summed E-state index contributed by atoms with van der Waals surface area (Å²) in [4.78, 5) is 14.2. The lowest BCUT2D eigenvalue weighted by molar-refractivity contribution is -0.128. The minimum absolute atomic E-state index is 0.00269. The van der Waals surface area contributed by atoms with Crippen LogP contribution in [-0.4, -0.2) is 22.2 Å². The fraction of sp³-hybridized carbons (Fsp3) is 0.462. The standard InChI is InChI=1S/C13H16N2OS2/c16-12-10(5-6-11(17)14-12)15-7-8-3-1-2-4-9(8)13(15)18/h1-4,10-11,13,17-18H,5-7H2,(H,14,16). The lowest BCUT2D eigenvalue weighted by Gasteiger charge is -2.34. The zero-order valence-electron chi connectivity index (χ0n) is 9.91. The number of benzene rings is 1. The van der Waals surface area contributed by atoms with Crippen LogP contribution in [0.1, 0.15) is 29.3 Å². The van der Waals surface area contributed by atoms with Crippen LogP contribution < -0.4 is 5.32 Å². The summed E-state index contributed by atoms with van der Waals surface area (Å²) in [5, 5.41) is 2.92. The third-order valence-electron chi connectivity index (χ3n) is 3.73. The molecule has 0 spiro atoms. The first kappa shape index (κ1) is 12.4. The highest BCUT2D eigenvalue weighted by Gasteiger charge is 2.38. The van der Waals surface area contributed by atoms with Crippen LogP contribution in [0.25, 0.3) is 0 Å². The van der Waals surface area contributed by atoms with E-state index in [0.29, 0.717) is 0 Å². The van der Waals surface area contributed by atoms with Crippen LogP contribution >= 0.6 is 25.3 Å². The summed E-state index contributed by atoms with van der Waals surface area (Å²) < 4.78 is 0. The molecule has 1 fully saturated rings. The number of nitrogens with zero attached hydrogens (tertiary/aromatic N) is 1. The Morgan fingerprint density at radius 2 is 2.00 bits per heavy atom. The summed E-state index contributed by atoms with van der Waals surface area (Å²) in [6, 6.07) is 8.18. The van der Waals surface area contributed by atoms with Gasteiger partial charge in [0.15, 0.2) is 0 Å². The highest BCUT2D eigenvalue weighted by molar-refractivity contribution is 7.81. The van der Waals surface area contributed by atoms with Gasteiger partial charge in [-0.15, -0.1) is 0 Å². The zero-order chi connectivity index (χ0) is 12.7. The summed E-state index contributed by atoms with van der Waals surface area (Å²) in [6.45, 7) is 0.805. The molecule has 3 atom stereocenters. The van der Waals surface area contributed by atoms with Gasteiger partial charge in [-0.3, -0.25) is 9.69 Å². The molecule has 3 unspecified atom stereocenters. The molecule has 0 radical (unpaired) electrons. The van der Waals surface area contributed by atoms with Crippen LogP contribution in [-0.2, 0) is 11.3 Å². The molecule has 2 heterocycles. The summed E-state index contributed by atoms with van der Waals surface area (Å²) in [7, 11) is 0. The fourth-order valence-corrected chi connectivity index (χ4v) is 3.54. The van der Waals surface area contributed by atoms with Crippen LogP contribution in [0.2, 0.25) is 0 Å². The molecule has 0 aliphatic carbocycles. The summed E-state index contributed by atoms with van der Waals surface area (Å²) in [5.74, 6) is 0.0770. The molecule has 2 aliphatic heterocycles. The first-order valence-corrected chi connectivity index (χ1v) is 7.20. The van der Waals surface area contributed by atoms with Crippen LogP contribution in [0.5, 0.6) is 0 Å². The molecule has 1 aromatic rings. The first-order chi connectivity index (χ1) is 8.66. The highest BCUT2D eigenvalue weighted by atomic mass is 32.1. The Labute approximate surface area is 118 Å². The summed E-state index contributed by atoms with van der Waals surface area (Å²) >= 11 is 8.97. The van der Waals surface area contributed by atoms with Gasteiger partial charge in [0, 0.05) is 6.54 Å². The van der Waals surface area contributed by atoms with Gasteiger partial charge in [0.2, 0.25) is 5.91 Å². The molecular weight excluding hydrogens is 264 g/mol. The number of hydrogen-bond acceptors (Lipinski definition) is 4. The predicted octanol–water partition coefficient (Wildman–Crippen LogP) is 1.97. The number of hydrogen-bond donors (Lipinski definition) is 3. The first-order valence-electron chi connectivity index (χ1n) is 6.17. The van der Waals surface area contributed by atoms with E-state index in [0.717, 1.165) is 19.4 Å². The van der Waals surface area contributed by atoms with Crippen LogP contribution in [0.3, 0.4) is 0 Å². The quantitative estimate of drug-likeness (QED) is 0.687. The molecule has 0 aromatic heterocycles. The molecule has 3 nitrogen and oxygen atoms in total. The molecule has 1 aromatic carbocycles. The predicted molar refractivity (Wildman–Crippen MR) is 77.7 cm³/mol. The van der Waals surface area contributed by atoms with Gasteiger partial charge in [-0.25, -0.2) is 0 Å². The van der Waals surface area contributed by atoms with E-state index < -0.39 is 0 Å². The van der Waals surface area contributed by atoms with Crippen molar-refractivity contribution in [3.8, 4) is 0 Å². The van der Waals surface area contributed by atoms with Crippen molar-refractivity contribution >= 4 is 31.2 Å². The number of thiol groups is 2. The van der Waals surface area contributed by atoms with Crippen molar-refractivity contribution in [1.82, 2.24) is 10.2 Å². The smallest absolute Gasteiger partial charge is 0.238 e. The monoisotopic (exact) mass is 280 g/mol. The Kier molecular flexibility index (Phi) is 3.30. The minimum atomic E-state index is -0.0803. The SMILES string of the molecule is O=C1NC(S)CCC1N1Cc2ccccc2C1S. The van der Waals surface area contributed by atoms with Gasteiger partial charge in [0.25, 0.3) is 0 Å². The second kappa shape index (κ2) is 4.79. The average molecular weight is 280 g/mol. The van der Waals surface area contributed by atoms with Gasteiger partial charge >= 0.3 is 0 Å². The van der Waals surface area contributed by atoms with E-state index in [1.807, 2.05) is 12.1 Å². The topological polar surface area (TPSA) is 32.3 Å². The summed E-state index contributed by atoms with van der Waals surface area (Å²) in [6.07, 6.45) is 1.76. The van der Waals surface area contributed by atoms with E-state index in [-0.39, 0.29) is 22.7 Å². The molecule has 18 heavy (non-hydrogen) atoms. The van der Waals surface area contributed by atoms with Crippen molar-refractivity contribution in [3.63, 3.8) is 0 Å². The van der Waals surface area contributed by atoms with E-state index in [1.54, 1.807) is 0 Å². The van der Waals surface area contributed by atoms with Crippen molar-refractivity contribution in [2.75, 3.05) is 0 Å². The molecule has 1 amide bonds. The van der Waals surface area contributed by atoms with Gasteiger partial charge in [0.05, 0.1) is 16.8 Å². The summed E-state index contributed by atoms with van der Waals surface area (Å²) in [5.41, 5.74) is 2.50. The van der Waals surface area contributed by atoms with Crippen molar-refractivity contribution in [1.29, 1.82) is 0 Å². The van der Waals surface area contributed by atoms with Gasteiger partial charge < -0.3 is 5.32 Å². The minimum Gasteiger partial charge on any atom is -0.343 e. The Morgan fingerprint density at radius 1 is 1.22 bits per heavy atom. The molecule has 5 heteroatoms. The maximum Gasteiger partial charge on any atom is 0.238 e. The van der Waals surface area contributed by atoms with Crippen molar-refractivity contribution in [3.05, 3.63) is 35.4 Å². The Morgan fingerprint density at radius 3 is 2.72 bits per heavy atom. The molecule has 3 rings (SSSR count). The zero-order valence-corrected chi connectivity index (χ0v) is 11.7. The number of carbonyl (C=O) groups excluding carboxylic acids is 1. The van der Waals surface area contributed by atoms with Gasteiger partial charge in [-0.2, -0.15) is 25.3 Å². The number of fused-ring (bicyclic) bond motifs is 1. The average Bonchev–Trinajstić information content (AvgIpc) is 2.68. The van der Waals surface area contributed by atoms with E-state index >= 15 is 0 Å². The Hall–Kier alpha value is -0.650. The number of piperidine rings is 1. The highest BCUT2D eigenvalue weighted by Crippen LogP contribution is 2.39. The molecule has 0 bridgehead atoms. The largest absolute Gasteiger partial charge is 0.343 e. The Balaban J connectivity index is 1.82. The fourth-order valence-electron chi connectivity index (χ4n) is 2.77. The lowest BCUT2D eigenvalue weighted by Crippen LogP contribution is -2.51. The number of amides is 1. The second-order valence-corrected chi connectivity index (χ2v) is 5.97. The maximum atomic E-state index is 12.1. The van der Waals surface area contributed by atoms with E-state index in [2.05, 4.69) is 47.6 Å². The van der Waals surface area contributed by atoms with Crippen molar-refractivity contribution in [2.24, 2.45) is 0 Å². The van der Waals surface area contributed by atoms with Crippen LogP contribution in [0, 0.1) is 0 Å². The molecule has 0 saturated carbocycles. The normalized spacial score (nSPS) is 32.1.